The predicted molar refractivity (Wildman–Crippen MR) is 97.6 cm³/mol. The second-order valence-corrected chi connectivity index (χ2v) is 6.09. The van der Waals surface area contributed by atoms with Crippen LogP contribution < -0.4 is 10.2 Å². The Morgan fingerprint density at radius 2 is 2.00 bits per heavy atom. The Morgan fingerprint density at radius 3 is 2.64 bits per heavy atom. The van der Waals surface area contributed by atoms with Crippen molar-refractivity contribution < 1.29 is 4.79 Å². The molecule has 0 atom stereocenters. The molecule has 1 amide bonds. The lowest BCUT2D eigenvalue weighted by Gasteiger charge is -2.11. The number of nitrogens with one attached hydrogen (secondary N) is 1. The number of hydrogen-bond acceptors (Lipinski definition) is 5. The van der Waals surface area contributed by atoms with Gasteiger partial charge < -0.3 is 10.2 Å². The number of aryl methyl sites for hydroxylation is 1. The van der Waals surface area contributed by atoms with Crippen LogP contribution in [0.25, 0.3) is 5.69 Å². The number of hydrogen-bond donors (Lipinski definition) is 1. The van der Waals surface area contributed by atoms with Crippen molar-refractivity contribution in [2.75, 3.05) is 24.3 Å². The maximum Gasteiger partial charge on any atom is 0.278 e. The molecule has 25 heavy (non-hydrogen) atoms. The fourth-order valence-electron chi connectivity index (χ4n) is 2.22. The molecule has 3 rings (SSSR count). The van der Waals surface area contributed by atoms with Gasteiger partial charge in [0.1, 0.15) is 5.82 Å². The van der Waals surface area contributed by atoms with Crippen LogP contribution >= 0.6 is 11.6 Å². The molecule has 8 heteroatoms. The van der Waals surface area contributed by atoms with Crippen LogP contribution in [0.1, 0.15) is 16.2 Å². The smallest absolute Gasteiger partial charge is 0.278 e. The summed E-state index contributed by atoms with van der Waals surface area (Å²) in [6.45, 7) is 1.73. The minimum atomic E-state index is -0.342. The number of halogens is 1. The standard InChI is InChI=1S/C17H17ClN6O/c1-11-16(22-24(21-11)14-6-4-5-12(18)9-14)17(25)20-13-7-8-15(19-10-13)23(2)3/h4-10H,1-3H3,(H,20,25). The first kappa shape index (κ1) is 16.9. The highest BCUT2D eigenvalue weighted by Gasteiger charge is 2.17. The lowest BCUT2D eigenvalue weighted by Crippen LogP contribution is -2.15. The summed E-state index contributed by atoms with van der Waals surface area (Å²) in [5, 5.41) is 11.9. The van der Waals surface area contributed by atoms with E-state index in [0.717, 1.165) is 5.82 Å². The molecule has 2 heterocycles. The number of aromatic nitrogens is 4. The molecule has 0 saturated carbocycles. The van der Waals surface area contributed by atoms with Gasteiger partial charge in [-0.15, -0.1) is 5.10 Å². The Morgan fingerprint density at radius 1 is 1.20 bits per heavy atom. The predicted octanol–water partition coefficient (Wildman–Crippen LogP) is 2.94. The van der Waals surface area contributed by atoms with E-state index in [9.17, 15) is 4.79 Å². The Labute approximate surface area is 150 Å². The van der Waals surface area contributed by atoms with Crippen LogP contribution in [0.4, 0.5) is 11.5 Å². The van der Waals surface area contributed by atoms with Gasteiger partial charge in [-0.3, -0.25) is 4.79 Å². The minimum absolute atomic E-state index is 0.247. The summed E-state index contributed by atoms with van der Waals surface area (Å²) in [7, 11) is 3.80. The fourth-order valence-corrected chi connectivity index (χ4v) is 2.40. The van der Waals surface area contributed by atoms with Crippen LogP contribution in [0.15, 0.2) is 42.6 Å². The van der Waals surface area contributed by atoms with E-state index in [2.05, 4.69) is 20.5 Å². The van der Waals surface area contributed by atoms with Crippen molar-refractivity contribution in [1.29, 1.82) is 0 Å². The quantitative estimate of drug-likeness (QED) is 0.777. The van der Waals surface area contributed by atoms with Gasteiger partial charge >= 0.3 is 0 Å². The van der Waals surface area contributed by atoms with E-state index in [4.69, 9.17) is 11.6 Å². The van der Waals surface area contributed by atoms with Crippen LogP contribution in [-0.4, -0.2) is 40.0 Å². The molecule has 0 fully saturated rings. The molecule has 0 aliphatic carbocycles. The molecule has 3 aromatic rings. The molecular weight excluding hydrogens is 340 g/mol. The van der Waals surface area contributed by atoms with Gasteiger partial charge in [-0.1, -0.05) is 17.7 Å². The van der Waals surface area contributed by atoms with Crippen molar-refractivity contribution in [2.45, 2.75) is 6.92 Å². The highest BCUT2D eigenvalue weighted by atomic mass is 35.5. The van der Waals surface area contributed by atoms with Gasteiger partial charge in [-0.2, -0.15) is 9.90 Å². The Hall–Kier alpha value is -2.93. The van der Waals surface area contributed by atoms with E-state index in [0.29, 0.717) is 22.1 Å². The molecule has 2 aromatic heterocycles. The first-order valence-electron chi connectivity index (χ1n) is 7.58. The van der Waals surface area contributed by atoms with Gasteiger partial charge in [0.2, 0.25) is 0 Å². The molecule has 0 aliphatic rings. The van der Waals surface area contributed by atoms with Crippen molar-refractivity contribution in [2.24, 2.45) is 0 Å². The van der Waals surface area contributed by atoms with Crippen molar-refractivity contribution in [1.82, 2.24) is 20.0 Å². The summed E-state index contributed by atoms with van der Waals surface area (Å²) in [6, 6.07) is 10.7. The average Bonchev–Trinajstić information content (AvgIpc) is 2.97. The molecule has 1 aromatic carbocycles. The van der Waals surface area contributed by atoms with Gasteiger partial charge in [-0.25, -0.2) is 4.98 Å². The zero-order valence-electron chi connectivity index (χ0n) is 14.1. The van der Waals surface area contributed by atoms with Gasteiger partial charge in [0.15, 0.2) is 5.69 Å². The molecular formula is C17H17ClN6O. The second-order valence-electron chi connectivity index (χ2n) is 5.66. The molecule has 0 bridgehead atoms. The highest BCUT2D eigenvalue weighted by molar-refractivity contribution is 6.30. The van der Waals surface area contributed by atoms with Crippen LogP contribution in [0.5, 0.6) is 0 Å². The van der Waals surface area contributed by atoms with Gasteiger partial charge in [-0.05, 0) is 37.3 Å². The first-order valence-corrected chi connectivity index (χ1v) is 7.96. The van der Waals surface area contributed by atoms with Crippen LogP contribution in [0, 0.1) is 6.92 Å². The molecule has 7 nitrogen and oxygen atoms in total. The van der Waals surface area contributed by atoms with Crippen molar-refractivity contribution in [3.8, 4) is 5.69 Å². The van der Waals surface area contributed by atoms with Crippen LogP contribution in [0.3, 0.4) is 0 Å². The number of pyridine rings is 1. The normalized spacial score (nSPS) is 10.6. The SMILES string of the molecule is Cc1nn(-c2cccc(Cl)c2)nc1C(=O)Nc1ccc(N(C)C)nc1. The minimum Gasteiger partial charge on any atom is -0.363 e. The van der Waals surface area contributed by atoms with E-state index in [1.807, 2.05) is 31.1 Å². The Balaban J connectivity index is 1.80. The number of amides is 1. The molecule has 1 N–H and O–H groups in total. The number of carbonyl (C=O) groups is 1. The van der Waals surface area contributed by atoms with Gasteiger partial charge in [0.05, 0.1) is 23.3 Å². The fraction of sp³-hybridized carbons (Fsp3) is 0.176. The number of nitrogens with zero attached hydrogens (tertiary/aromatic N) is 5. The molecule has 128 valence electrons. The summed E-state index contributed by atoms with van der Waals surface area (Å²) < 4.78 is 0. The zero-order valence-corrected chi connectivity index (χ0v) is 14.8. The third-order valence-corrected chi connectivity index (χ3v) is 3.74. The monoisotopic (exact) mass is 356 g/mol. The van der Waals surface area contributed by atoms with E-state index in [1.54, 1.807) is 37.4 Å². The maximum atomic E-state index is 12.5. The zero-order chi connectivity index (χ0) is 18.0. The van der Waals surface area contributed by atoms with Crippen molar-refractivity contribution in [3.05, 3.63) is 59.0 Å². The average molecular weight is 357 g/mol. The Kier molecular flexibility index (Phi) is 4.67. The number of carbonyl (C=O) groups excluding carboxylic acids is 1. The molecule has 0 radical (unpaired) electrons. The maximum absolute atomic E-state index is 12.5. The largest absolute Gasteiger partial charge is 0.363 e. The molecule has 0 unspecified atom stereocenters. The van der Waals surface area contributed by atoms with Crippen LogP contribution in [0.2, 0.25) is 5.02 Å². The third-order valence-electron chi connectivity index (χ3n) is 3.50. The van der Waals surface area contributed by atoms with Gasteiger partial charge in [0, 0.05) is 19.1 Å². The summed E-state index contributed by atoms with van der Waals surface area (Å²) in [5.41, 5.74) is 2.05. The molecule has 0 aliphatic heterocycles. The van der Waals surface area contributed by atoms with Crippen molar-refractivity contribution >= 4 is 29.0 Å². The second kappa shape index (κ2) is 6.90. The van der Waals surface area contributed by atoms with E-state index < -0.39 is 0 Å². The number of rotatable bonds is 4. The third kappa shape index (κ3) is 3.77. The first-order chi connectivity index (χ1) is 11.9. The van der Waals surface area contributed by atoms with E-state index in [-0.39, 0.29) is 11.6 Å². The lowest BCUT2D eigenvalue weighted by atomic mass is 10.3. The van der Waals surface area contributed by atoms with E-state index >= 15 is 0 Å². The molecule has 0 spiro atoms. The topological polar surface area (TPSA) is 75.9 Å². The summed E-state index contributed by atoms with van der Waals surface area (Å²) in [6.07, 6.45) is 1.60. The summed E-state index contributed by atoms with van der Waals surface area (Å²) in [4.78, 5) is 20.0. The lowest BCUT2D eigenvalue weighted by molar-refractivity contribution is 0.102. The van der Waals surface area contributed by atoms with Crippen LogP contribution in [-0.2, 0) is 0 Å². The van der Waals surface area contributed by atoms with E-state index in [1.165, 1.54) is 4.80 Å². The van der Waals surface area contributed by atoms with Gasteiger partial charge in [0.25, 0.3) is 5.91 Å². The number of anilines is 2. The summed E-state index contributed by atoms with van der Waals surface area (Å²) >= 11 is 5.99. The Bertz CT molecular complexity index is 904. The molecule has 0 saturated heterocycles. The summed E-state index contributed by atoms with van der Waals surface area (Å²) in [5.74, 6) is 0.464. The highest BCUT2D eigenvalue weighted by Crippen LogP contribution is 2.16. The van der Waals surface area contributed by atoms with Crippen molar-refractivity contribution in [3.63, 3.8) is 0 Å². The number of benzene rings is 1.